The fourth-order valence-corrected chi connectivity index (χ4v) is 2.46. The van der Waals surface area contributed by atoms with E-state index >= 15 is 0 Å². The first-order valence-corrected chi connectivity index (χ1v) is 4.77. The molecule has 2 aliphatic heterocycles. The van der Waals surface area contributed by atoms with Gasteiger partial charge in [0.25, 0.3) is 0 Å². The van der Waals surface area contributed by atoms with Gasteiger partial charge in [-0.2, -0.15) is 0 Å². The Balaban J connectivity index is 0.000000845. The van der Waals surface area contributed by atoms with Gasteiger partial charge in [0, 0.05) is 25.0 Å². The molecule has 0 aliphatic carbocycles. The summed E-state index contributed by atoms with van der Waals surface area (Å²) in [5.74, 6) is 0.112. The highest BCUT2D eigenvalue weighted by Gasteiger charge is 2.33. The molecule has 2 unspecified atom stereocenters. The normalized spacial score (nSPS) is 36.5. The number of fused-ring (bicyclic) bond motifs is 2. The molecule has 2 rings (SSSR count). The van der Waals surface area contributed by atoms with Crippen LogP contribution in [0.1, 0.15) is 32.6 Å². The molecule has 13 heavy (non-hydrogen) atoms. The van der Waals surface area contributed by atoms with Crippen molar-refractivity contribution < 1.29 is 4.79 Å². The van der Waals surface area contributed by atoms with Gasteiger partial charge in [-0.1, -0.05) is 0 Å². The predicted octanol–water partition coefficient (Wildman–Crippen LogP) is 0.827. The zero-order chi connectivity index (χ0) is 8.55. The van der Waals surface area contributed by atoms with Gasteiger partial charge in [-0.25, -0.2) is 0 Å². The van der Waals surface area contributed by atoms with Crippen molar-refractivity contribution in [1.29, 1.82) is 0 Å². The number of nitrogens with one attached hydrogen (secondary N) is 2. The van der Waals surface area contributed by atoms with E-state index in [1.807, 2.05) is 0 Å². The van der Waals surface area contributed by atoms with E-state index in [9.17, 15) is 4.79 Å². The number of rotatable bonds is 1. The molecule has 2 saturated heterocycles. The first-order chi connectivity index (χ1) is 5.74. The minimum Gasteiger partial charge on any atom is -0.353 e. The van der Waals surface area contributed by atoms with Crippen LogP contribution in [0.25, 0.3) is 0 Å². The lowest BCUT2D eigenvalue weighted by molar-refractivity contribution is -0.119. The summed E-state index contributed by atoms with van der Waals surface area (Å²) in [6, 6.07) is 1.77. The zero-order valence-electron chi connectivity index (χ0n) is 7.88. The zero-order valence-corrected chi connectivity index (χ0v) is 8.69. The molecular weight excluding hydrogens is 188 g/mol. The summed E-state index contributed by atoms with van der Waals surface area (Å²) in [7, 11) is 0. The summed E-state index contributed by atoms with van der Waals surface area (Å²) < 4.78 is 0. The van der Waals surface area contributed by atoms with Crippen LogP contribution in [0.3, 0.4) is 0 Å². The fraction of sp³-hybridized carbons (Fsp3) is 0.889. The number of hydrogen-bond acceptors (Lipinski definition) is 2. The molecule has 0 saturated carbocycles. The van der Waals surface area contributed by atoms with Crippen molar-refractivity contribution in [3.05, 3.63) is 0 Å². The quantitative estimate of drug-likeness (QED) is 0.665. The van der Waals surface area contributed by atoms with Crippen molar-refractivity contribution in [2.45, 2.75) is 50.7 Å². The average molecular weight is 205 g/mol. The van der Waals surface area contributed by atoms with Crippen molar-refractivity contribution in [1.82, 2.24) is 10.6 Å². The van der Waals surface area contributed by atoms with E-state index < -0.39 is 0 Å². The Kier molecular flexibility index (Phi) is 3.56. The lowest BCUT2D eigenvalue weighted by atomic mass is 10.00. The van der Waals surface area contributed by atoms with Crippen LogP contribution in [-0.2, 0) is 4.79 Å². The van der Waals surface area contributed by atoms with Gasteiger partial charge in [0.15, 0.2) is 0 Å². The van der Waals surface area contributed by atoms with E-state index in [1.165, 1.54) is 12.8 Å². The predicted molar refractivity (Wildman–Crippen MR) is 54.0 cm³/mol. The second-order valence-corrected chi connectivity index (χ2v) is 4.01. The number of halogens is 1. The smallest absolute Gasteiger partial charge is 0.217 e. The summed E-state index contributed by atoms with van der Waals surface area (Å²) in [5, 5.41) is 6.55. The molecule has 3 nitrogen and oxygen atoms in total. The Bertz CT molecular complexity index is 186. The van der Waals surface area contributed by atoms with Crippen LogP contribution in [0.15, 0.2) is 0 Å². The SMILES string of the molecule is CC(=O)NC1CC2CCC(C1)N2.Cl. The number of hydrogen-bond donors (Lipinski definition) is 2. The monoisotopic (exact) mass is 204 g/mol. The van der Waals surface area contributed by atoms with E-state index in [2.05, 4.69) is 10.6 Å². The first kappa shape index (κ1) is 10.8. The van der Waals surface area contributed by atoms with Crippen LogP contribution >= 0.6 is 12.4 Å². The Morgan fingerprint density at radius 1 is 1.31 bits per heavy atom. The van der Waals surface area contributed by atoms with Gasteiger partial charge in [0.05, 0.1) is 0 Å². The van der Waals surface area contributed by atoms with E-state index in [0.29, 0.717) is 18.1 Å². The Hall–Kier alpha value is -0.280. The molecule has 0 aromatic carbocycles. The van der Waals surface area contributed by atoms with Crippen molar-refractivity contribution in [3.8, 4) is 0 Å². The third-order valence-corrected chi connectivity index (χ3v) is 2.88. The molecule has 2 N–H and O–H groups in total. The van der Waals surface area contributed by atoms with Gasteiger partial charge < -0.3 is 10.6 Å². The molecule has 0 radical (unpaired) electrons. The van der Waals surface area contributed by atoms with Crippen LogP contribution in [0.5, 0.6) is 0 Å². The Morgan fingerprint density at radius 3 is 2.31 bits per heavy atom. The molecule has 0 aromatic rings. The molecule has 0 aromatic heterocycles. The highest BCUT2D eigenvalue weighted by atomic mass is 35.5. The molecule has 2 atom stereocenters. The van der Waals surface area contributed by atoms with Crippen LogP contribution in [0, 0.1) is 0 Å². The molecule has 2 bridgehead atoms. The fourth-order valence-electron chi connectivity index (χ4n) is 2.46. The third kappa shape index (κ3) is 2.58. The maximum absolute atomic E-state index is 10.8. The van der Waals surface area contributed by atoms with Crippen molar-refractivity contribution >= 4 is 18.3 Å². The van der Waals surface area contributed by atoms with Crippen LogP contribution in [-0.4, -0.2) is 24.0 Å². The van der Waals surface area contributed by atoms with Gasteiger partial charge in [-0.05, 0) is 25.7 Å². The second kappa shape index (κ2) is 4.29. The molecule has 2 heterocycles. The van der Waals surface area contributed by atoms with Crippen molar-refractivity contribution in [2.24, 2.45) is 0 Å². The molecule has 2 aliphatic rings. The topological polar surface area (TPSA) is 41.1 Å². The lowest BCUT2D eigenvalue weighted by Gasteiger charge is -2.29. The van der Waals surface area contributed by atoms with E-state index in [4.69, 9.17) is 0 Å². The highest BCUT2D eigenvalue weighted by molar-refractivity contribution is 5.85. The molecule has 76 valence electrons. The summed E-state index contributed by atoms with van der Waals surface area (Å²) in [4.78, 5) is 10.8. The number of amides is 1. The number of piperidine rings is 1. The number of carbonyl (C=O) groups is 1. The largest absolute Gasteiger partial charge is 0.353 e. The van der Waals surface area contributed by atoms with Crippen LogP contribution in [0.2, 0.25) is 0 Å². The minimum atomic E-state index is 0. The summed E-state index contributed by atoms with van der Waals surface area (Å²) in [6.07, 6.45) is 4.83. The molecular formula is C9H17ClN2O. The van der Waals surface area contributed by atoms with Crippen molar-refractivity contribution in [3.63, 3.8) is 0 Å². The Labute approximate surface area is 85.1 Å². The third-order valence-electron chi connectivity index (χ3n) is 2.88. The van der Waals surface area contributed by atoms with Gasteiger partial charge in [-0.15, -0.1) is 12.4 Å². The average Bonchev–Trinajstić information content (AvgIpc) is 2.29. The Morgan fingerprint density at radius 2 is 1.85 bits per heavy atom. The molecule has 2 fully saturated rings. The standard InChI is InChI=1S/C9H16N2O.ClH/c1-6(12)10-9-4-7-2-3-8(5-9)11-7;/h7-9,11H,2-5H2,1H3,(H,10,12);1H. The van der Waals surface area contributed by atoms with Gasteiger partial charge in [0.2, 0.25) is 5.91 Å². The van der Waals surface area contributed by atoms with Crippen molar-refractivity contribution in [2.75, 3.05) is 0 Å². The summed E-state index contributed by atoms with van der Waals surface area (Å²) in [6.45, 7) is 1.60. The number of carbonyl (C=O) groups excluding carboxylic acids is 1. The highest BCUT2D eigenvalue weighted by Crippen LogP contribution is 2.26. The molecule has 4 heteroatoms. The van der Waals surface area contributed by atoms with E-state index in [-0.39, 0.29) is 18.3 Å². The second-order valence-electron chi connectivity index (χ2n) is 4.01. The molecule has 1 amide bonds. The van der Waals surface area contributed by atoms with E-state index in [0.717, 1.165) is 12.8 Å². The van der Waals surface area contributed by atoms with Gasteiger partial charge >= 0.3 is 0 Å². The first-order valence-electron chi connectivity index (χ1n) is 4.77. The lowest BCUT2D eigenvalue weighted by Crippen LogP contribution is -2.47. The van der Waals surface area contributed by atoms with Gasteiger partial charge in [-0.3, -0.25) is 4.79 Å². The van der Waals surface area contributed by atoms with Crippen LogP contribution in [0.4, 0.5) is 0 Å². The molecule has 0 spiro atoms. The van der Waals surface area contributed by atoms with E-state index in [1.54, 1.807) is 6.92 Å². The minimum absolute atomic E-state index is 0. The summed E-state index contributed by atoms with van der Waals surface area (Å²) >= 11 is 0. The van der Waals surface area contributed by atoms with Gasteiger partial charge in [0.1, 0.15) is 0 Å². The summed E-state index contributed by atoms with van der Waals surface area (Å²) in [5.41, 5.74) is 0. The van der Waals surface area contributed by atoms with Crippen LogP contribution < -0.4 is 10.6 Å². The maximum atomic E-state index is 10.8. The maximum Gasteiger partial charge on any atom is 0.217 e.